The summed E-state index contributed by atoms with van der Waals surface area (Å²) in [5.41, 5.74) is 2.12. The molecule has 4 aromatic heterocycles. The summed E-state index contributed by atoms with van der Waals surface area (Å²) >= 11 is 1.35. The predicted molar refractivity (Wildman–Crippen MR) is 99.8 cm³/mol. The summed E-state index contributed by atoms with van der Waals surface area (Å²) < 4.78 is 2.09. The quantitative estimate of drug-likeness (QED) is 0.564. The van der Waals surface area contributed by atoms with Crippen molar-refractivity contribution in [1.82, 2.24) is 24.5 Å². The van der Waals surface area contributed by atoms with Gasteiger partial charge in [-0.05, 0) is 26.0 Å². The normalized spacial score (nSPS) is 11.3. The molecule has 0 aliphatic heterocycles. The first-order chi connectivity index (χ1) is 12.1. The number of pyridine rings is 1. The maximum atomic E-state index is 13.0. The Labute approximate surface area is 147 Å². The molecule has 0 unspecified atom stereocenters. The highest BCUT2D eigenvalue weighted by Crippen LogP contribution is 2.34. The van der Waals surface area contributed by atoms with E-state index in [4.69, 9.17) is 0 Å². The molecule has 0 bridgehead atoms. The molecule has 126 valence electrons. The van der Waals surface area contributed by atoms with Crippen LogP contribution in [0.15, 0.2) is 35.8 Å². The fraction of sp³-hybridized carbons (Fsp3) is 0.235. The number of aryl methyl sites for hydroxylation is 1. The number of hydrogen-bond donors (Lipinski definition) is 0. The maximum absolute atomic E-state index is 13.0. The smallest absolute Gasteiger partial charge is 0.276 e. The minimum atomic E-state index is -0.122. The first kappa shape index (κ1) is 15.6. The Morgan fingerprint density at radius 3 is 2.76 bits per heavy atom. The summed E-state index contributed by atoms with van der Waals surface area (Å²) in [6.45, 7) is 4.76. The second-order valence-corrected chi connectivity index (χ2v) is 6.75. The summed E-state index contributed by atoms with van der Waals surface area (Å²) in [6.07, 6.45) is 4.75. The van der Waals surface area contributed by atoms with Gasteiger partial charge in [-0.3, -0.25) is 14.3 Å². The molecule has 7 nitrogen and oxygen atoms in total. The molecule has 0 saturated carbocycles. The minimum Gasteiger partial charge on any atom is -0.359 e. The molecule has 25 heavy (non-hydrogen) atoms. The molecule has 0 radical (unpaired) electrons. The molecular formula is C17H16N6OS. The van der Waals surface area contributed by atoms with E-state index in [-0.39, 0.29) is 5.56 Å². The third-order valence-corrected chi connectivity index (χ3v) is 5.24. The third-order valence-electron chi connectivity index (χ3n) is 4.17. The lowest BCUT2D eigenvalue weighted by Gasteiger charge is -2.15. The summed E-state index contributed by atoms with van der Waals surface area (Å²) in [5, 5.41) is 0.832. The molecule has 0 atom stereocenters. The zero-order valence-electron chi connectivity index (χ0n) is 14.1. The first-order valence-corrected chi connectivity index (χ1v) is 8.71. The highest BCUT2D eigenvalue weighted by molar-refractivity contribution is 7.25. The zero-order chi connectivity index (χ0) is 17.6. The number of aromatic nitrogens is 5. The highest BCUT2D eigenvalue weighted by atomic mass is 32.1. The summed E-state index contributed by atoms with van der Waals surface area (Å²) in [7, 11) is 1.96. The number of nitrogens with zero attached hydrogens (tertiary/aromatic N) is 6. The molecule has 0 aromatic carbocycles. The number of rotatable bonds is 3. The van der Waals surface area contributed by atoms with E-state index in [0.717, 1.165) is 28.3 Å². The van der Waals surface area contributed by atoms with E-state index in [9.17, 15) is 4.79 Å². The van der Waals surface area contributed by atoms with Crippen LogP contribution in [0, 0.1) is 6.92 Å². The predicted octanol–water partition coefficient (Wildman–Crippen LogP) is 2.55. The monoisotopic (exact) mass is 352 g/mol. The van der Waals surface area contributed by atoms with Crippen molar-refractivity contribution in [3.8, 4) is 5.69 Å². The molecule has 0 spiro atoms. The van der Waals surface area contributed by atoms with Gasteiger partial charge in [0.05, 0.1) is 17.3 Å². The Morgan fingerprint density at radius 1 is 1.20 bits per heavy atom. The van der Waals surface area contributed by atoms with Crippen LogP contribution in [0.25, 0.3) is 26.1 Å². The molecule has 4 aromatic rings. The highest BCUT2D eigenvalue weighted by Gasteiger charge is 2.18. The molecule has 0 aliphatic rings. The van der Waals surface area contributed by atoms with Gasteiger partial charge < -0.3 is 4.90 Å². The van der Waals surface area contributed by atoms with Crippen molar-refractivity contribution in [2.75, 3.05) is 18.5 Å². The van der Waals surface area contributed by atoms with Crippen LogP contribution < -0.4 is 10.5 Å². The first-order valence-electron chi connectivity index (χ1n) is 7.89. The average Bonchev–Trinajstić information content (AvgIpc) is 3.02. The van der Waals surface area contributed by atoms with E-state index in [1.165, 1.54) is 22.2 Å². The van der Waals surface area contributed by atoms with Crippen molar-refractivity contribution in [3.05, 3.63) is 47.0 Å². The SMILES string of the molecule is CCN(C)c1ncnc2sc3c(=O)n(-c4ccc(C)nc4)cnc3c12. The van der Waals surface area contributed by atoms with E-state index in [1.54, 1.807) is 12.5 Å². The van der Waals surface area contributed by atoms with Crippen molar-refractivity contribution in [3.63, 3.8) is 0 Å². The van der Waals surface area contributed by atoms with Crippen molar-refractivity contribution in [1.29, 1.82) is 0 Å². The van der Waals surface area contributed by atoms with Gasteiger partial charge in [0.15, 0.2) is 0 Å². The summed E-state index contributed by atoms with van der Waals surface area (Å²) in [6, 6.07) is 3.73. The summed E-state index contributed by atoms with van der Waals surface area (Å²) in [5.74, 6) is 0.792. The molecule has 4 heterocycles. The van der Waals surface area contributed by atoms with Gasteiger partial charge in [-0.1, -0.05) is 0 Å². The van der Waals surface area contributed by atoms with Crippen molar-refractivity contribution in [2.45, 2.75) is 13.8 Å². The second-order valence-electron chi connectivity index (χ2n) is 5.75. The Kier molecular flexibility index (Phi) is 3.69. The fourth-order valence-electron chi connectivity index (χ4n) is 2.67. The maximum Gasteiger partial charge on any atom is 0.276 e. The topological polar surface area (TPSA) is 76.8 Å². The van der Waals surface area contributed by atoms with Gasteiger partial charge in [0, 0.05) is 19.3 Å². The van der Waals surface area contributed by atoms with E-state index < -0.39 is 0 Å². The van der Waals surface area contributed by atoms with Gasteiger partial charge in [0.1, 0.15) is 33.5 Å². The van der Waals surface area contributed by atoms with Crippen LogP contribution in [0.5, 0.6) is 0 Å². The van der Waals surface area contributed by atoms with Crippen molar-refractivity contribution < 1.29 is 0 Å². The lowest BCUT2D eigenvalue weighted by atomic mass is 10.3. The van der Waals surface area contributed by atoms with Crippen LogP contribution in [0.2, 0.25) is 0 Å². The molecule has 0 amide bonds. The average molecular weight is 352 g/mol. The van der Waals surface area contributed by atoms with Crippen molar-refractivity contribution in [2.24, 2.45) is 0 Å². The summed E-state index contributed by atoms with van der Waals surface area (Å²) in [4.78, 5) is 33.3. The molecular weight excluding hydrogens is 336 g/mol. The molecule has 0 fully saturated rings. The third kappa shape index (κ3) is 2.45. The van der Waals surface area contributed by atoms with Crippen LogP contribution in [0.4, 0.5) is 5.82 Å². The standard InChI is InChI=1S/C17H16N6OS/c1-4-22(3)15-12-13-14(25-16(12)20-8-19-15)17(24)23(9-21-13)11-6-5-10(2)18-7-11/h5-9H,4H2,1-3H3. The molecule has 0 saturated heterocycles. The van der Waals surface area contributed by atoms with Gasteiger partial charge in [-0.25, -0.2) is 15.0 Å². The lowest BCUT2D eigenvalue weighted by molar-refractivity contribution is 0.939. The molecule has 8 heteroatoms. The number of thiophene rings is 1. The van der Waals surface area contributed by atoms with Gasteiger partial charge in [-0.2, -0.15) is 0 Å². The lowest BCUT2D eigenvalue weighted by Crippen LogP contribution is -2.19. The van der Waals surface area contributed by atoms with E-state index >= 15 is 0 Å². The van der Waals surface area contributed by atoms with Crippen LogP contribution in [0.3, 0.4) is 0 Å². The van der Waals surface area contributed by atoms with Crippen LogP contribution >= 0.6 is 11.3 Å². The largest absolute Gasteiger partial charge is 0.359 e. The minimum absolute atomic E-state index is 0.122. The Hall–Kier alpha value is -2.87. The fourth-order valence-corrected chi connectivity index (χ4v) is 3.70. The van der Waals surface area contributed by atoms with Gasteiger partial charge in [0.2, 0.25) is 0 Å². The van der Waals surface area contributed by atoms with Crippen LogP contribution in [0.1, 0.15) is 12.6 Å². The van der Waals surface area contributed by atoms with Crippen LogP contribution in [-0.2, 0) is 0 Å². The zero-order valence-corrected chi connectivity index (χ0v) is 14.9. The number of fused-ring (bicyclic) bond motifs is 3. The van der Waals surface area contributed by atoms with Gasteiger partial charge >= 0.3 is 0 Å². The van der Waals surface area contributed by atoms with E-state index in [0.29, 0.717) is 15.9 Å². The molecule has 4 rings (SSSR count). The number of anilines is 1. The second kappa shape index (κ2) is 5.89. The Morgan fingerprint density at radius 2 is 2.04 bits per heavy atom. The Balaban J connectivity index is 2.01. The van der Waals surface area contributed by atoms with Gasteiger partial charge in [0.25, 0.3) is 5.56 Å². The Bertz CT molecular complexity index is 1130. The molecule has 0 N–H and O–H groups in total. The van der Waals surface area contributed by atoms with Crippen LogP contribution in [-0.4, -0.2) is 38.1 Å². The number of hydrogen-bond acceptors (Lipinski definition) is 7. The van der Waals surface area contributed by atoms with E-state index in [2.05, 4.69) is 19.9 Å². The van der Waals surface area contributed by atoms with Crippen molar-refractivity contribution >= 4 is 37.6 Å². The van der Waals surface area contributed by atoms with E-state index in [1.807, 2.05) is 37.9 Å². The molecule has 0 aliphatic carbocycles. The van der Waals surface area contributed by atoms with Gasteiger partial charge in [-0.15, -0.1) is 11.3 Å².